The van der Waals surface area contributed by atoms with Crippen LogP contribution in [0.15, 0.2) is 48.7 Å². The van der Waals surface area contributed by atoms with Gasteiger partial charge in [-0.3, -0.25) is 14.7 Å². The molecule has 5 nitrogen and oxygen atoms in total. The van der Waals surface area contributed by atoms with E-state index < -0.39 is 0 Å². The number of amides is 1. The maximum atomic E-state index is 13.2. The van der Waals surface area contributed by atoms with Gasteiger partial charge in [-0.05, 0) is 55.0 Å². The highest BCUT2D eigenvalue weighted by Gasteiger charge is 2.30. The van der Waals surface area contributed by atoms with Gasteiger partial charge in [-0.2, -0.15) is 0 Å². The molecule has 1 aliphatic heterocycles. The molecule has 1 amide bonds. The number of carbonyl (C=O) groups excluding carboxylic acids is 1. The van der Waals surface area contributed by atoms with Gasteiger partial charge in [0, 0.05) is 44.1 Å². The Hall–Kier alpha value is -2.40. The summed E-state index contributed by atoms with van der Waals surface area (Å²) in [5, 5.41) is 0. The first-order valence-electron chi connectivity index (χ1n) is 11.3. The fourth-order valence-corrected chi connectivity index (χ4v) is 4.93. The lowest BCUT2D eigenvalue weighted by atomic mass is 10.0. The summed E-state index contributed by atoms with van der Waals surface area (Å²) in [4.78, 5) is 22.5. The molecular formula is C25H33N3O2. The molecule has 0 N–H and O–H groups in total. The van der Waals surface area contributed by atoms with E-state index in [0.29, 0.717) is 18.4 Å². The molecule has 160 valence electrons. The minimum atomic E-state index is 0.222. The van der Waals surface area contributed by atoms with Gasteiger partial charge in [0.25, 0.3) is 0 Å². The second-order valence-corrected chi connectivity index (χ2v) is 8.69. The van der Waals surface area contributed by atoms with E-state index in [1.54, 1.807) is 7.11 Å². The van der Waals surface area contributed by atoms with Crippen LogP contribution < -0.4 is 4.74 Å². The van der Waals surface area contributed by atoms with Crippen molar-refractivity contribution in [2.24, 2.45) is 5.92 Å². The fraction of sp³-hybridized carbons (Fsp3) is 0.520. The zero-order chi connectivity index (χ0) is 20.8. The SMILES string of the molecule is COc1ccc(CC(=O)N2CCN(C3CCCC3)C[C@H](Cc3ccccn3)C2)cc1. The van der Waals surface area contributed by atoms with Crippen molar-refractivity contribution < 1.29 is 9.53 Å². The van der Waals surface area contributed by atoms with Crippen LogP contribution in [0.5, 0.6) is 5.75 Å². The minimum absolute atomic E-state index is 0.222. The zero-order valence-corrected chi connectivity index (χ0v) is 18.0. The van der Waals surface area contributed by atoms with Crippen molar-refractivity contribution in [3.63, 3.8) is 0 Å². The third kappa shape index (κ3) is 5.39. The number of carbonyl (C=O) groups is 1. The number of hydrogen-bond acceptors (Lipinski definition) is 4. The second kappa shape index (κ2) is 10.1. The van der Waals surface area contributed by atoms with Crippen molar-refractivity contribution in [3.05, 3.63) is 59.9 Å². The number of nitrogens with zero attached hydrogens (tertiary/aromatic N) is 3. The van der Waals surface area contributed by atoms with Gasteiger partial charge in [-0.1, -0.05) is 31.0 Å². The van der Waals surface area contributed by atoms with Crippen LogP contribution in [0.25, 0.3) is 0 Å². The number of aromatic nitrogens is 1. The maximum absolute atomic E-state index is 13.2. The third-order valence-electron chi connectivity index (χ3n) is 6.56. The summed E-state index contributed by atoms with van der Waals surface area (Å²) in [6, 6.07) is 14.6. The minimum Gasteiger partial charge on any atom is -0.497 e. The Bertz CT molecular complexity index is 803. The molecule has 1 atom stereocenters. The van der Waals surface area contributed by atoms with Crippen molar-refractivity contribution in [2.45, 2.75) is 44.6 Å². The van der Waals surface area contributed by atoms with E-state index in [2.05, 4.69) is 26.9 Å². The highest BCUT2D eigenvalue weighted by Crippen LogP contribution is 2.26. The average Bonchev–Trinajstić information content (AvgIpc) is 3.23. The molecule has 2 fully saturated rings. The fourth-order valence-electron chi connectivity index (χ4n) is 4.93. The Labute approximate surface area is 180 Å². The third-order valence-corrected chi connectivity index (χ3v) is 6.56. The van der Waals surface area contributed by atoms with Gasteiger partial charge in [-0.15, -0.1) is 0 Å². The van der Waals surface area contributed by atoms with Crippen LogP contribution in [-0.2, 0) is 17.6 Å². The lowest BCUT2D eigenvalue weighted by molar-refractivity contribution is -0.130. The molecule has 0 spiro atoms. The first-order chi connectivity index (χ1) is 14.7. The summed E-state index contributed by atoms with van der Waals surface area (Å²) < 4.78 is 5.23. The second-order valence-electron chi connectivity index (χ2n) is 8.69. The van der Waals surface area contributed by atoms with Gasteiger partial charge in [0.05, 0.1) is 13.5 Å². The van der Waals surface area contributed by atoms with Gasteiger partial charge in [0.15, 0.2) is 0 Å². The molecule has 1 saturated carbocycles. The number of rotatable bonds is 6. The van der Waals surface area contributed by atoms with Crippen LogP contribution in [0.2, 0.25) is 0 Å². The van der Waals surface area contributed by atoms with Gasteiger partial charge >= 0.3 is 0 Å². The van der Waals surface area contributed by atoms with E-state index in [1.807, 2.05) is 36.5 Å². The van der Waals surface area contributed by atoms with E-state index in [-0.39, 0.29) is 5.91 Å². The summed E-state index contributed by atoms with van der Waals surface area (Å²) in [5.74, 6) is 1.46. The van der Waals surface area contributed by atoms with Crippen molar-refractivity contribution in [3.8, 4) is 5.75 Å². The molecule has 0 radical (unpaired) electrons. The van der Waals surface area contributed by atoms with E-state index in [1.165, 1.54) is 25.7 Å². The summed E-state index contributed by atoms with van der Waals surface area (Å²) in [6.07, 6.45) is 8.53. The summed E-state index contributed by atoms with van der Waals surface area (Å²) in [5.41, 5.74) is 2.16. The molecule has 1 aromatic carbocycles. The van der Waals surface area contributed by atoms with Gasteiger partial charge < -0.3 is 9.64 Å². The number of pyridine rings is 1. The van der Waals surface area contributed by atoms with E-state index in [0.717, 1.165) is 49.6 Å². The lowest BCUT2D eigenvalue weighted by Crippen LogP contribution is -2.39. The molecule has 2 aromatic rings. The Morgan fingerprint density at radius 1 is 1.07 bits per heavy atom. The maximum Gasteiger partial charge on any atom is 0.227 e. The molecule has 1 aliphatic carbocycles. The van der Waals surface area contributed by atoms with Crippen molar-refractivity contribution in [1.82, 2.24) is 14.8 Å². The molecule has 0 unspecified atom stereocenters. The zero-order valence-electron chi connectivity index (χ0n) is 18.0. The molecule has 30 heavy (non-hydrogen) atoms. The van der Waals surface area contributed by atoms with Crippen LogP contribution in [0, 0.1) is 5.92 Å². The smallest absolute Gasteiger partial charge is 0.227 e. The molecule has 2 aliphatic rings. The summed E-state index contributed by atoms with van der Waals surface area (Å²) >= 11 is 0. The van der Waals surface area contributed by atoms with Crippen molar-refractivity contribution in [1.29, 1.82) is 0 Å². The van der Waals surface area contributed by atoms with Crippen LogP contribution in [0.3, 0.4) is 0 Å². The van der Waals surface area contributed by atoms with Crippen LogP contribution >= 0.6 is 0 Å². The molecule has 1 aromatic heterocycles. The lowest BCUT2D eigenvalue weighted by Gasteiger charge is -2.29. The predicted octanol–water partition coefficient (Wildman–Crippen LogP) is 3.58. The first kappa shape index (κ1) is 20.9. The van der Waals surface area contributed by atoms with Crippen LogP contribution in [0.1, 0.15) is 36.9 Å². The quantitative estimate of drug-likeness (QED) is 0.734. The Kier molecular flexibility index (Phi) is 7.00. The standard InChI is InChI=1S/C25H33N3O2/c1-30-24-11-9-20(10-12-24)17-25(29)28-15-14-27(23-7-2-3-8-23)18-21(19-28)16-22-6-4-5-13-26-22/h4-6,9-13,21,23H,2-3,7-8,14-19H2,1H3/t21-/m0/s1. The normalized spacial score (nSPS) is 20.8. The van der Waals surface area contributed by atoms with Gasteiger partial charge in [-0.25, -0.2) is 0 Å². The van der Waals surface area contributed by atoms with E-state index >= 15 is 0 Å². The average molecular weight is 408 g/mol. The molecule has 0 bridgehead atoms. The Morgan fingerprint density at radius 2 is 1.87 bits per heavy atom. The Balaban J connectivity index is 1.45. The summed E-state index contributed by atoms with van der Waals surface area (Å²) in [6.45, 7) is 3.68. The van der Waals surface area contributed by atoms with E-state index in [9.17, 15) is 4.79 Å². The molecular weight excluding hydrogens is 374 g/mol. The number of methoxy groups -OCH3 is 1. The van der Waals surface area contributed by atoms with Crippen molar-refractivity contribution >= 4 is 5.91 Å². The number of benzene rings is 1. The van der Waals surface area contributed by atoms with Crippen LogP contribution in [0.4, 0.5) is 0 Å². The monoisotopic (exact) mass is 407 g/mol. The number of ether oxygens (including phenoxy) is 1. The molecule has 4 rings (SSSR count). The first-order valence-corrected chi connectivity index (χ1v) is 11.3. The largest absolute Gasteiger partial charge is 0.497 e. The molecule has 2 heterocycles. The molecule has 1 saturated heterocycles. The number of hydrogen-bond donors (Lipinski definition) is 0. The van der Waals surface area contributed by atoms with Crippen LogP contribution in [-0.4, -0.2) is 60.0 Å². The van der Waals surface area contributed by atoms with Gasteiger partial charge in [0.2, 0.25) is 5.91 Å². The highest BCUT2D eigenvalue weighted by atomic mass is 16.5. The summed E-state index contributed by atoms with van der Waals surface area (Å²) in [7, 11) is 1.66. The predicted molar refractivity (Wildman–Crippen MR) is 119 cm³/mol. The molecule has 5 heteroatoms. The van der Waals surface area contributed by atoms with E-state index in [4.69, 9.17) is 4.74 Å². The highest BCUT2D eigenvalue weighted by molar-refractivity contribution is 5.78. The van der Waals surface area contributed by atoms with Gasteiger partial charge in [0.1, 0.15) is 5.75 Å². The Morgan fingerprint density at radius 3 is 2.57 bits per heavy atom. The van der Waals surface area contributed by atoms with Crippen molar-refractivity contribution in [2.75, 3.05) is 33.3 Å². The topological polar surface area (TPSA) is 45.7 Å².